The van der Waals surface area contributed by atoms with Gasteiger partial charge in [-0.3, -0.25) is 0 Å². The zero-order valence-corrected chi connectivity index (χ0v) is 12.3. The van der Waals surface area contributed by atoms with Crippen molar-refractivity contribution in [2.75, 3.05) is 6.61 Å². The summed E-state index contributed by atoms with van der Waals surface area (Å²) in [6, 6.07) is 12.7. The highest BCUT2D eigenvalue weighted by Crippen LogP contribution is 2.31. The molecule has 0 fully saturated rings. The third kappa shape index (κ3) is 2.95. The molecule has 2 aromatic rings. The summed E-state index contributed by atoms with van der Waals surface area (Å²) in [7, 11) is 0. The average molecular weight is 306 g/mol. The van der Waals surface area contributed by atoms with Crippen LogP contribution >= 0.6 is 11.6 Å². The van der Waals surface area contributed by atoms with Crippen molar-refractivity contribution in [2.24, 2.45) is 5.73 Å². The second-order valence-corrected chi connectivity index (χ2v) is 5.70. The highest BCUT2D eigenvalue weighted by Gasteiger charge is 2.27. The van der Waals surface area contributed by atoms with Crippen molar-refractivity contribution in [1.82, 2.24) is 0 Å². The maximum Gasteiger partial charge on any atom is 0.142 e. The van der Waals surface area contributed by atoms with Crippen LogP contribution < -0.4 is 5.73 Å². The fourth-order valence-corrected chi connectivity index (χ4v) is 3.05. The third-order valence-corrected chi connectivity index (χ3v) is 4.33. The number of benzene rings is 2. The van der Waals surface area contributed by atoms with E-state index in [1.165, 1.54) is 11.6 Å². The number of ether oxygens (including phenoxy) is 1. The Bertz CT molecular complexity index is 646. The molecule has 0 radical (unpaired) electrons. The zero-order chi connectivity index (χ0) is 14.8. The molecule has 0 saturated heterocycles. The number of rotatable bonds is 3. The lowest BCUT2D eigenvalue weighted by atomic mass is 9.91. The minimum Gasteiger partial charge on any atom is -0.372 e. The van der Waals surface area contributed by atoms with Crippen molar-refractivity contribution < 1.29 is 9.13 Å². The Balaban J connectivity index is 1.83. The van der Waals surface area contributed by atoms with Crippen LogP contribution in [0.25, 0.3) is 0 Å². The van der Waals surface area contributed by atoms with Gasteiger partial charge >= 0.3 is 0 Å². The number of nitrogens with two attached hydrogens (primary N) is 1. The molecule has 0 amide bonds. The van der Waals surface area contributed by atoms with Crippen LogP contribution in [-0.2, 0) is 17.6 Å². The number of hydrogen-bond donors (Lipinski definition) is 1. The largest absolute Gasteiger partial charge is 0.372 e. The maximum atomic E-state index is 13.5. The van der Waals surface area contributed by atoms with E-state index in [2.05, 4.69) is 6.07 Å². The first-order chi connectivity index (χ1) is 10.2. The van der Waals surface area contributed by atoms with Gasteiger partial charge < -0.3 is 10.5 Å². The van der Waals surface area contributed by atoms with Crippen LogP contribution in [0.4, 0.5) is 4.39 Å². The van der Waals surface area contributed by atoms with Crippen LogP contribution in [0.15, 0.2) is 42.5 Å². The van der Waals surface area contributed by atoms with Crippen molar-refractivity contribution in [3.63, 3.8) is 0 Å². The van der Waals surface area contributed by atoms with Gasteiger partial charge in [-0.05, 0) is 35.6 Å². The molecule has 0 aromatic heterocycles. The Morgan fingerprint density at radius 2 is 2.05 bits per heavy atom. The van der Waals surface area contributed by atoms with E-state index in [1.807, 2.05) is 18.2 Å². The summed E-state index contributed by atoms with van der Waals surface area (Å²) in [5.74, 6) is -0.411. The second-order valence-electron chi connectivity index (χ2n) is 5.32. The summed E-state index contributed by atoms with van der Waals surface area (Å²) < 4.78 is 19.4. The van der Waals surface area contributed by atoms with Crippen molar-refractivity contribution in [3.8, 4) is 0 Å². The minimum atomic E-state index is -0.411. The van der Waals surface area contributed by atoms with Crippen LogP contribution in [-0.4, -0.2) is 12.6 Å². The Morgan fingerprint density at radius 3 is 2.90 bits per heavy atom. The van der Waals surface area contributed by atoms with E-state index in [-0.39, 0.29) is 17.2 Å². The van der Waals surface area contributed by atoms with Crippen LogP contribution in [0.5, 0.6) is 0 Å². The zero-order valence-electron chi connectivity index (χ0n) is 11.6. The van der Waals surface area contributed by atoms with Gasteiger partial charge in [-0.2, -0.15) is 0 Å². The lowest BCUT2D eigenvalue weighted by Gasteiger charge is -2.30. The van der Waals surface area contributed by atoms with Gasteiger partial charge in [0.1, 0.15) is 5.82 Å². The van der Waals surface area contributed by atoms with Gasteiger partial charge in [0.25, 0.3) is 0 Å². The summed E-state index contributed by atoms with van der Waals surface area (Å²) in [5, 5.41) is 0.150. The first kappa shape index (κ1) is 14.5. The van der Waals surface area contributed by atoms with Crippen molar-refractivity contribution >= 4 is 11.6 Å². The number of halogens is 2. The summed E-state index contributed by atoms with van der Waals surface area (Å²) in [5.41, 5.74) is 9.43. The molecule has 0 aliphatic carbocycles. The summed E-state index contributed by atoms with van der Waals surface area (Å²) >= 11 is 6.01. The monoisotopic (exact) mass is 305 g/mol. The maximum absolute atomic E-state index is 13.5. The molecule has 1 aliphatic heterocycles. The number of hydrogen-bond acceptors (Lipinski definition) is 2. The van der Waals surface area contributed by atoms with Crippen LogP contribution in [0, 0.1) is 5.82 Å². The van der Waals surface area contributed by atoms with Gasteiger partial charge in [-0.1, -0.05) is 48.0 Å². The molecule has 2 atom stereocenters. The minimum absolute atomic E-state index is 0.150. The van der Waals surface area contributed by atoms with Crippen LogP contribution in [0.1, 0.15) is 22.8 Å². The van der Waals surface area contributed by atoms with Gasteiger partial charge in [0.2, 0.25) is 0 Å². The predicted octanol–water partition coefficient (Wildman–Crippen LogP) is 3.66. The Labute approximate surface area is 128 Å². The van der Waals surface area contributed by atoms with Crippen molar-refractivity contribution in [1.29, 1.82) is 0 Å². The molecule has 2 nitrogen and oxygen atoms in total. The molecule has 4 heteroatoms. The van der Waals surface area contributed by atoms with E-state index in [1.54, 1.807) is 12.1 Å². The molecule has 110 valence electrons. The SMILES string of the molecule is NC(Cc1cccc(F)c1Cl)C1OCCc2ccccc21. The summed E-state index contributed by atoms with van der Waals surface area (Å²) in [6.45, 7) is 0.659. The smallest absolute Gasteiger partial charge is 0.142 e. The fourth-order valence-electron chi connectivity index (χ4n) is 2.85. The summed E-state index contributed by atoms with van der Waals surface area (Å²) in [6.07, 6.45) is 1.21. The molecule has 0 bridgehead atoms. The molecular weight excluding hydrogens is 289 g/mol. The lowest BCUT2D eigenvalue weighted by molar-refractivity contribution is 0.0246. The summed E-state index contributed by atoms with van der Waals surface area (Å²) in [4.78, 5) is 0. The van der Waals surface area contributed by atoms with Gasteiger partial charge in [-0.25, -0.2) is 4.39 Å². The van der Waals surface area contributed by atoms with Gasteiger partial charge in [0, 0.05) is 6.04 Å². The topological polar surface area (TPSA) is 35.2 Å². The van der Waals surface area contributed by atoms with Crippen molar-refractivity contribution in [3.05, 3.63) is 70.0 Å². The van der Waals surface area contributed by atoms with Crippen LogP contribution in [0.3, 0.4) is 0 Å². The molecule has 3 rings (SSSR count). The fraction of sp³-hybridized carbons (Fsp3) is 0.294. The normalized spacial score (nSPS) is 19.1. The second kappa shape index (κ2) is 6.14. The lowest BCUT2D eigenvalue weighted by Crippen LogP contribution is -2.35. The molecule has 0 spiro atoms. The standard InChI is InChI=1S/C17H17ClFNO/c18-16-12(5-3-7-14(16)19)10-15(20)17-13-6-2-1-4-11(13)8-9-21-17/h1-7,15,17H,8-10,20H2. The van der Waals surface area contributed by atoms with E-state index in [4.69, 9.17) is 22.1 Å². The molecule has 2 unspecified atom stereocenters. The highest BCUT2D eigenvalue weighted by molar-refractivity contribution is 6.31. The highest BCUT2D eigenvalue weighted by atomic mass is 35.5. The Hall–Kier alpha value is -1.42. The predicted molar refractivity (Wildman–Crippen MR) is 81.9 cm³/mol. The quantitative estimate of drug-likeness (QED) is 0.939. The molecule has 21 heavy (non-hydrogen) atoms. The van der Waals surface area contributed by atoms with Crippen LogP contribution in [0.2, 0.25) is 5.02 Å². The van der Waals surface area contributed by atoms with Gasteiger partial charge in [0.15, 0.2) is 0 Å². The molecular formula is C17H17ClFNO. The number of fused-ring (bicyclic) bond motifs is 1. The first-order valence-corrected chi connectivity index (χ1v) is 7.42. The molecule has 0 saturated carbocycles. The average Bonchev–Trinajstić information content (AvgIpc) is 2.51. The van der Waals surface area contributed by atoms with Gasteiger partial charge in [-0.15, -0.1) is 0 Å². The van der Waals surface area contributed by atoms with E-state index in [0.29, 0.717) is 13.0 Å². The first-order valence-electron chi connectivity index (χ1n) is 7.04. The van der Waals surface area contributed by atoms with E-state index in [0.717, 1.165) is 17.5 Å². The van der Waals surface area contributed by atoms with E-state index < -0.39 is 5.82 Å². The Morgan fingerprint density at radius 1 is 1.24 bits per heavy atom. The van der Waals surface area contributed by atoms with E-state index >= 15 is 0 Å². The van der Waals surface area contributed by atoms with Crippen molar-refractivity contribution in [2.45, 2.75) is 25.0 Å². The molecule has 1 heterocycles. The van der Waals surface area contributed by atoms with Gasteiger partial charge in [0.05, 0.1) is 17.7 Å². The van der Waals surface area contributed by atoms with E-state index in [9.17, 15) is 4.39 Å². The Kier molecular flexibility index (Phi) is 4.24. The molecule has 2 N–H and O–H groups in total. The molecule has 2 aromatic carbocycles. The molecule has 1 aliphatic rings. The third-order valence-electron chi connectivity index (χ3n) is 3.91.